The maximum absolute atomic E-state index is 12.5. The molecule has 5 aromatic rings. The first-order chi connectivity index (χ1) is 43.7. The smallest absolute Gasteiger partial charge is 1.00 e. The Kier molecular flexibility index (Phi) is 56.5. The van der Waals surface area contributed by atoms with Crippen LogP contribution in [0, 0.1) is 0 Å². The number of likely N-dealkylation sites (N-methyl/N-ethyl adjacent to an activating group) is 3. The van der Waals surface area contributed by atoms with Crippen LogP contribution < -0.4 is 155 Å². The van der Waals surface area contributed by atoms with Crippen LogP contribution in [-0.4, -0.2) is 296 Å². The van der Waals surface area contributed by atoms with E-state index < -0.39 is 58.2 Å². The summed E-state index contributed by atoms with van der Waals surface area (Å²) in [6, 6.07) is 13.2. The zero-order chi connectivity index (χ0) is 69.3. The summed E-state index contributed by atoms with van der Waals surface area (Å²) in [5.74, 6) is -0.520. The van der Waals surface area contributed by atoms with E-state index in [1.807, 2.05) is 6.20 Å². The van der Waals surface area contributed by atoms with Crippen molar-refractivity contribution in [2.45, 2.75) is 0 Å². The zero-order valence-corrected chi connectivity index (χ0v) is 65.5. The van der Waals surface area contributed by atoms with Gasteiger partial charge in [-0.25, -0.2) is 15.0 Å². The Morgan fingerprint density at radius 2 is 1.06 bits per heavy atom. The number of hydrogen-bond donors (Lipinski definition) is 6. The van der Waals surface area contributed by atoms with Gasteiger partial charge in [-0.05, 0) is 79.6 Å². The van der Waals surface area contributed by atoms with E-state index in [9.17, 15) is 23.6 Å². The normalized spacial score (nSPS) is 12.8. The van der Waals surface area contributed by atoms with Crippen LogP contribution in [0.2, 0.25) is 0 Å². The SMILES string of the molecule is Br.C=CC(=O)Nc1cccc(C(=O)Nc2ncc(N3CCN(C)CC3)s2)c1.C=CC(=O)Nc1cccc(OC=O)c1.CN1CCN(c2cnc(N)s2)CC1.CN1CCNCC1.Nc1ncc(Br)s1.O=CO[O-].[2H]CF.[B]B([B])B(B([B])[B])B(B([B])[B])B(B([B])[B])B([B])[B].[H-].[K+].[K+]. The van der Waals surface area contributed by atoms with Gasteiger partial charge in [0, 0.05) is 230 Å². The molecule has 22 nitrogen and oxygen atoms in total. The van der Waals surface area contributed by atoms with Gasteiger partial charge in [0.25, 0.3) is 18.9 Å². The van der Waals surface area contributed by atoms with Crippen molar-refractivity contribution < 1.29 is 149 Å². The Morgan fingerprint density at radius 1 is 0.660 bits per heavy atom. The molecule has 3 amide bonds. The summed E-state index contributed by atoms with van der Waals surface area (Å²) < 4.78 is 21.1. The molecule has 3 fully saturated rings. The van der Waals surface area contributed by atoms with E-state index in [1.165, 1.54) is 52.9 Å². The van der Waals surface area contributed by atoms with Gasteiger partial charge in [0.2, 0.25) is 11.8 Å². The first-order valence-corrected chi connectivity index (χ1v) is 30.8. The van der Waals surface area contributed by atoms with E-state index in [4.69, 9.17) is 100 Å². The number of piperazine rings is 3. The quantitative estimate of drug-likeness (QED) is 0.0156. The van der Waals surface area contributed by atoms with Crippen molar-refractivity contribution in [2.24, 2.45) is 0 Å². The molecule has 20 radical (unpaired) electrons. The van der Waals surface area contributed by atoms with Crippen molar-refractivity contribution in [3.63, 3.8) is 0 Å². The fourth-order valence-corrected chi connectivity index (χ4v) is 10.9. The fourth-order valence-electron chi connectivity index (χ4n) is 8.30. The van der Waals surface area contributed by atoms with Crippen LogP contribution in [0.25, 0.3) is 0 Å². The van der Waals surface area contributed by atoms with Crippen molar-refractivity contribution in [2.75, 3.05) is 144 Å². The molecular weight excluding hydrogens is 1420 g/mol. The maximum Gasteiger partial charge on any atom is 1.00 e. The molecule has 3 aliphatic rings. The summed E-state index contributed by atoms with van der Waals surface area (Å²) in [5.41, 5.74) is 12.4. The van der Waals surface area contributed by atoms with Gasteiger partial charge in [-0.1, -0.05) is 59.3 Å². The van der Waals surface area contributed by atoms with Crippen LogP contribution in [0.4, 0.5) is 41.2 Å². The van der Waals surface area contributed by atoms with E-state index in [0.717, 1.165) is 80.3 Å². The number of aromatic nitrogens is 3. The third-order valence-corrected chi connectivity index (χ3v) is 16.1. The first kappa shape index (κ1) is 94.5. The molecule has 3 aromatic heterocycles. The average molecular weight is 1490 g/mol. The second-order valence-corrected chi connectivity index (χ2v) is 24.1. The fraction of sp³-hybridized carbons (Fsp3) is 0.348. The minimum atomic E-state index is -1.00. The number of nitrogens with two attached hydrogens (primary N) is 2. The van der Waals surface area contributed by atoms with Gasteiger partial charge in [-0.3, -0.25) is 33.7 Å². The molecular formula is C46H65B18Br2FK2N14O8S3. The van der Waals surface area contributed by atoms with Gasteiger partial charge in [0.15, 0.2) is 15.4 Å². The van der Waals surface area contributed by atoms with Gasteiger partial charge in [0.1, 0.15) is 15.8 Å². The Labute approximate surface area is 689 Å². The largest absolute Gasteiger partial charge is 1.00 e. The predicted octanol–water partition coefficient (Wildman–Crippen LogP) is -8.03. The van der Waals surface area contributed by atoms with Gasteiger partial charge in [-0.2, -0.15) is 0 Å². The number of nitrogens with one attached hydrogen (secondary N) is 4. The van der Waals surface area contributed by atoms with Crippen molar-refractivity contribution in [3.05, 3.63) is 102 Å². The Hall–Kier alpha value is -1.51. The maximum atomic E-state index is 12.5. The number of rotatable bonds is 18. The van der Waals surface area contributed by atoms with Gasteiger partial charge >= 0.3 is 103 Å². The molecule has 3 saturated heterocycles. The number of carbonyl (C=O) groups is 5. The summed E-state index contributed by atoms with van der Waals surface area (Å²) in [4.78, 5) is 79.7. The molecule has 0 bridgehead atoms. The predicted molar refractivity (Wildman–Crippen MR) is 407 cm³/mol. The second kappa shape index (κ2) is 56.2. The van der Waals surface area contributed by atoms with Gasteiger partial charge in [-0.15, -0.1) is 17.0 Å². The van der Waals surface area contributed by atoms with Crippen molar-refractivity contribution in [1.82, 2.24) is 35.0 Å². The van der Waals surface area contributed by atoms with E-state index in [2.05, 4.69) is 121 Å². The molecule has 0 atom stereocenters. The van der Waals surface area contributed by atoms with Crippen molar-refractivity contribution in [3.8, 4) is 5.75 Å². The first-order valence-electron chi connectivity index (χ1n) is 28.3. The van der Waals surface area contributed by atoms with Gasteiger partial charge in [0.05, 0.1) is 30.9 Å². The molecule has 8 N–H and O–H groups in total. The molecule has 48 heteroatoms. The molecule has 0 aliphatic carbocycles. The number of nitrogen functional groups attached to an aromatic ring is 2. The van der Waals surface area contributed by atoms with Crippen LogP contribution in [-0.2, 0) is 24.1 Å². The molecule has 94 heavy (non-hydrogen) atoms. The van der Waals surface area contributed by atoms with Crippen LogP contribution in [0.1, 0.15) is 13.2 Å². The molecule has 0 spiro atoms. The second-order valence-electron chi connectivity index (χ2n) is 19.7. The minimum absolute atomic E-state index is 0. The van der Waals surface area contributed by atoms with Crippen LogP contribution in [0.5, 0.6) is 5.75 Å². The number of alkyl halides is 1. The van der Waals surface area contributed by atoms with E-state index in [0.29, 0.717) is 44.6 Å². The van der Waals surface area contributed by atoms with Crippen molar-refractivity contribution >= 4 is 263 Å². The van der Waals surface area contributed by atoms with E-state index >= 15 is 0 Å². The summed E-state index contributed by atoms with van der Waals surface area (Å²) in [6.07, 6.45) is 1.65. The number of carbonyl (C=O) groups excluding carboxylic acids is 5. The molecule has 6 heterocycles. The molecule has 0 unspecified atom stereocenters. The van der Waals surface area contributed by atoms with Crippen LogP contribution >= 0.6 is 66.9 Å². The van der Waals surface area contributed by atoms with Crippen LogP contribution in [0.15, 0.2) is 96.2 Å². The number of thiazole rings is 3. The van der Waals surface area contributed by atoms with E-state index in [1.54, 1.807) is 66.2 Å². The number of benzene rings is 2. The summed E-state index contributed by atoms with van der Waals surface area (Å²) in [5, 5.41) is 23.8. The number of anilines is 7. The number of halogens is 3. The Balaban J connectivity index is -0.000000538. The monoisotopic (exact) mass is 1490 g/mol. The molecule has 3 aliphatic heterocycles. The van der Waals surface area contributed by atoms with E-state index in [-0.39, 0.29) is 145 Å². The molecule has 0 saturated carbocycles. The van der Waals surface area contributed by atoms with Crippen LogP contribution in [0.3, 0.4) is 0 Å². The number of nitrogens with zero attached hydrogens (tertiary/aromatic N) is 8. The van der Waals surface area contributed by atoms with Crippen molar-refractivity contribution in [1.29, 1.82) is 0 Å². The third kappa shape index (κ3) is 40.7. The third-order valence-electron chi connectivity index (χ3n) is 12.9. The number of ether oxygens (including phenoxy) is 1. The number of amides is 3. The minimum Gasteiger partial charge on any atom is -1.00 e. The Bertz CT molecular complexity index is 2890. The number of hydrogen-bond acceptors (Lipinski definition) is 22. The topological polar surface area (TPSA) is 282 Å². The average Bonchev–Trinajstić information content (AvgIpc) is 1.35. The Morgan fingerprint density at radius 3 is 1.41 bits per heavy atom. The molecule has 2 aromatic carbocycles. The summed E-state index contributed by atoms with van der Waals surface area (Å²) in [7, 11) is 62.1. The summed E-state index contributed by atoms with van der Waals surface area (Å²) in [6.45, 7) is 20.0. The standard InChI is InChI=1S/C18H21N5O2S.C10H9NO3.C8H14N4S.C5H12N2.C3H3BrN2S.CH3F.CH2O3.B18.BrH.2K.H/c1-3-15(24)20-14-6-4-5-13(11-14)17(25)21-18-19-12-16(26-18)23-9-7-22(2)8-10-23;1-2-10(13)11-8-4-3-5-9(6-8)14-7-12;1-11-2-4-12(5-3-11)7-6-10-8(9)13-7;1-7-4-2-6-3-5-7;4-2-1-6-3(5)7-2;1-2;2-1-4-3;1-11(2)16(12(3)4)18(15(9)10)17(13(5)6)14(7)8;;;;/h3-6,11-12H,1,7-10H2,2H3,(H,20,24)(H,19,21,25);2-7H,1H2,(H,11,13);6H,2-5H2,1H3,(H2,9,10);6H,2-5H2,1H3;1H,(H2,5,6);1H3;1,3H;;1H;;;/q;;;;;;;;;2*+1;-1/p-1/i;;;;;1D;;;;;;. The van der Waals surface area contributed by atoms with Gasteiger partial charge < -0.3 is 68.2 Å². The molecule has 8 rings (SSSR count). The molecule has 462 valence electrons. The summed E-state index contributed by atoms with van der Waals surface area (Å²) >= 11 is 7.67. The zero-order valence-electron chi connectivity index (χ0n) is 55.5.